The van der Waals surface area contributed by atoms with Gasteiger partial charge in [0.1, 0.15) is 17.3 Å². The van der Waals surface area contributed by atoms with Gasteiger partial charge in [0.15, 0.2) is 0 Å². The van der Waals surface area contributed by atoms with Gasteiger partial charge in [-0.25, -0.2) is 4.79 Å². The van der Waals surface area contributed by atoms with Crippen LogP contribution in [0, 0.1) is 5.92 Å². The molecule has 1 rings (SSSR count). The van der Waals surface area contributed by atoms with E-state index in [9.17, 15) is 19.2 Å². The maximum Gasteiger partial charge on any atom is 0.412 e. The fourth-order valence-electron chi connectivity index (χ4n) is 2.37. The second-order valence-corrected chi connectivity index (χ2v) is 7.09. The van der Waals surface area contributed by atoms with Crippen molar-refractivity contribution in [3.8, 4) is 5.75 Å². The molecule has 163 valence electrons. The number of carbonyl (C=O) groups is 4. The number of ether oxygens (including phenoxy) is 1. The molecule has 0 aliphatic carbocycles. The van der Waals surface area contributed by atoms with E-state index < -0.39 is 30.0 Å². The first-order chi connectivity index (χ1) is 13.6. The molecule has 0 saturated heterocycles. The molecule has 0 aliphatic rings. The molecule has 0 aliphatic heterocycles. The number of benzene rings is 1. The average Bonchev–Trinajstić information content (AvgIpc) is 2.66. The number of nitrogens with two attached hydrogens (primary N) is 3. The summed E-state index contributed by atoms with van der Waals surface area (Å²) in [5.41, 5.74) is 17.5. The van der Waals surface area contributed by atoms with Gasteiger partial charge >= 0.3 is 6.09 Å². The van der Waals surface area contributed by atoms with Crippen molar-refractivity contribution in [3.05, 3.63) is 29.8 Å². The molecule has 30 heavy (non-hydrogen) atoms. The standard InChI is InChI=1S/C19H28N4O5S.Y/c1-11(24)16(21)8-12-2-4-14(5-3-12)28-19(27)23-7-6-15(20)17(25)9-13(10-29)18(22)26;/h2-5,13,15-16,29H,6-10,20-21H2,1H3,(H2,22,26)(H,23,27);/t13-,15-,16-;/m0./s1. The van der Waals surface area contributed by atoms with Crippen LogP contribution in [0.1, 0.15) is 25.3 Å². The largest absolute Gasteiger partial charge is 0.412 e. The van der Waals surface area contributed by atoms with Gasteiger partial charge in [0.25, 0.3) is 0 Å². The Morgan fingerprint density at radius 1 is 1.10 bits per heavy atom. The van der Waals surface area contributed by atoms with E-state index in [0.29, 0.717) is 12.2 Å². The van der Waals surface area contributed by atoms with E-state index in [-0.39, 0.29) is 69.4 Å². The zero-order chi connectivity index (χ0) is 22.0. The summed E-state index contributed by atoms with van der Waals surface area (Å²) in [6.45, 7) is 1.56. The van der Waals surface area contributed by atoms with Crippen molar-refractivity contribution < 1.29 is 56.6 Å². The van der Waals surface area contributed by atoms with Gasteiger partial charge in [-0.05, 0) is 37.5 Å². The molecule has 3 atom stereocenters. The Morgan fingerprint density at radius 3 is 2.20 bits per heavy atom. The van der Waals surface area contributed by atoms with E-state index in [1.165, 1.54) is 6.92 Å². The SMILES string of the molecule is CC(=O)[C@@H](N)Cc1ccc(OC(=O)NCC[C@H](N)C(=O)C[C@@H](CS)C(N)=O)cc1.[Y]. The molecule has 7 N–H and O–H groups in total. The zero-order valence-electron chi connectivity index (χ0n) is 16.9. The summed E-state index contributed by atoms with van der Waals surface area (Å²) < 4.78 is 5.13. The Balaban J connectivity index is 0.00000841. The van der Waals surface area contributed by atoms with Crippen molar-refractivity contribution in [1.82, 2.24) is 5.32 Å². The number of amides is 2. The minimum Gasteiger partial charge on any atom is -0.410 e. The molecule has 0 saturated carbocycles. The van der Waals surface area contributed by atoms with Crippen LogP contribution in [0.25, 0.3) is 0 Å². The van der Waals surface area contributed by atoms with E-state index in [2.05, 4.69) is 17.9 Å². The van der Waals surface area contributed by atoms with Crippen molar-refractivity contribution in [2.45, 2.75) is 38.3 Å². The number of nitrogens with one attached hydrogen (secondary N) is 1. The van der Waals surface area contributed by atoms with Gasteiger partial charge in [-0.3, -0.25) is 14.4 Å². The van der Waals surface area contributed by atoms with Gasteiger partial charge in [0.05, 0.1) is 18.0 Å². The predicted octanol–water partition coefficient (Wildman–Crippen LogP) is -0.0608. The van der Waals surface area contributed by atoms with Crippen LogP contribution >= 0.6 is 12.6 Å². The molecule has 1 aromatic rings. The molecule has 0 aromatic heterocycles. The Labute approximate surface area is 206 Å². The van der Waals surface area contributed by atoms with E-state index in [1.807, 2.05) is 0 Å². The van der Waals surface area contributed by atoms with Crippen LogP contribution in [-0.4, -0.2) is 47.9 Å². The number of primary amides is 1. The first-order valence-electron chi connectivity index (χ1n) is 9.13. The van der Waals surface area contributed by atoms with Crippen molar-refractivity contribution in [2.24, 2.45) is 23.1 Å². The van der Waals surface area contributed by atoms with Gasteiger partial charge in [0.2, 0.25) is 5.91 Å². The predicted molar refractivity (Wildman–Crippen MR) is 112 cm³/mol. The number of ketones is 2. The molecule has 0 spiro atoms. The first-order valence-corrected chi connectivity index (χ1v) is 9.76. The third kappa shape index (κ3) is 10.6. The molecule has 0 fully saturated rings. The second-order valence-electron chi connectivity index (χ2n) is 6.73. The molecular weight excluding hydrogens is 485 g/mol. The molecule has 9 nitrogen and oxygen atoms in total. The summed E-state index contributed by atoms with van der Waals surface area (Å²) in [6, 6.07) is 5.23. The van der Waals surface area contributed by atoms with E-state index in [0.717, 1.165) is 5.56 Å². The number of rotatable bonds is 12. The van der Waals surface area contributed by atoms with Gasteiger partial charge in [-0.1, -0.05) is 12.1 Å². The van der Waals surface area contributed by atoms with Crippen LogP contribution in [-0.2, 0) is 53.5 Å². The minimum absolute atomic E-state index is 0. The Bertz CT molecular complexity index is 732. The fraction of sp³-hybridized carbons (Fsp3) is 0.474. The molecular formula is C19H28N4O5SY. The van der Waals surface area contributed by atoms with E-state index in [4.69, 9.17) is 21.9 Å². The monoisotopic (exact) mass is 513 g/mol. The number of carbonyl (C=O) groups excluding carboxylic acids is 4. The number of hydrogen-bond donors (Lipinski definition) is 5. The summed E-state index contributed by atoms with van der Waals surface area (Å²) in [6.07, 6.45) is -0.182. The van der Waals surface area contributed by atoms with Gasteiger partial charge in [0, 0.05) is 51.4 Å². The van der Waals surface area contributed by atoms with Crippen LogP contribution in [0.5, 0.6) is 5.75 Å². The molecule has 0 unspecified atom stereocenters. The third-order valence-corrected chi connectivity index (χ3v) is 4.76. The Morgan fingerprint density at radius 2 is 1.70 bits per heavy atom. The number of Topliss-reactive ketones (excluding diaryl/α,β-unsaturated/α-hetero) is 2. The maximum atomic E-state index is 12.0. The number of hydrogen-bond acceptors (Lipinski definition) is 8. The zero-order valence-corrected chi connectivity index (χ0v) is 20.6. The molecule has 0 bridgehead atoms. The van der Waals surface area contributed by atoms with Crippen LogP contribution in [0.4, 0.5) is 4.79 Å². The molecule has 2 amide bonds. The second kappa shape index (κ2) is 14.6. The maximum absolute atomic E-state index is 12.0. The van der Waals surface area contributed by atoms with Crippen molar-refractivity contribution in [2.75, 3.05) is 12.3 Å². The summed E-state index contributed by atoms with van der Waals surface area (Å²) in [5.74, 6) is -1.20. The number of thiol groups is 1. The third-order valence-electron chi connectivity index (χ3n) is 4.32. The fourth-order valence-corrected chi connectivity index (χ4v) is 2.68. The van der Waals surface area contributed by atoms with Gasteiger partial charge in [-0.15, -0.1) is 0 Å². The summed E-state index contributed by atoms with van der Waals surface area (Å²) in [5, 5.41) is 2.50. The average molecular weight is 513 g/mol. The van der Waals surface area contributed by atoms with Gasteiger partial charge in [-0.2, -0.15) is 12.6 Å². The van der Waals surface area contributed by atoms with Crippen molar-refractivity contribution >= 4 is 36.2 Å². The van der Waals surface area contributed by atoms with E-state index in [1.54, 1.807) is 24.3 Å². The summed E-state index contributed by atoms with van der Waals surface area (Å²) in [7, 11) is 0. The molecule has 1 radical (unpaired) electrons. The normalized spacial score (nSPS) is 13.3. The van der Waals surface area contributed by atoms with Crippen molar-refractivity contribution in [3.63, 3.8) is 0 Å². The van der Waals surface area contributed by atoms with Gasteiger partial charge < -0.3 is 27.3 Å². The molecule has 0 heterocycles. The van der Waals surface area contributed by atoms with Crippen LogP contribution in [0.2, 0.25) is 0 Å². The van der Waals surface area contributed by atoms with Crippen molar-refractivity contribution in [1.29, 1.82) is 0 Å². The smallest absolute Gasteiger partial charge is 0.410 e. The molecule has 11 heteroatoms. The van der Waals surface area contributed by atoms with E-state index >= 15 is 0 Å². The summed E-state index contributed by atoms with van der Waals surface area (Å²) in [4.78, 5) is 46.2. The van der Waals surface area contributed by atoms with Crippen LogP contribution in [0.3, 0.4) is 0 Å². The van der Waals surface area contributed by atoms with Crippen LogP contribution in [0.15, 0.2) is 24.3 Å². The minimum atomic E-state index is -0.832. The van der Waals surface area contributed by atoms with Crippen LogP contribution < -0.4 is 27.3 Å². The topological polar surface area (TPSA) is 168 Å². The summed E-state index contributed by atoms with van der Waals surface area (Å²) >= 11 is 3.99. The quantitative estimate of drug-likeness (QED) is 0.244. The Kier molecular flexibility index (Phi) is 14.0. The Hall–Kier alpha value is -1.33. The first kappa shape index (κ1) is 28.7. The molecule has 1 aromatic carbocycles.